The van der Waals surface area contributed by atoms with Crippen molar-refractivity contribution in [3.05, 3.63) is 172 Å². The summed E-state index contributed by atoms with van der Waals surface area (Å²) in [6, 6.07) is 44.5. The molecule has 0 unspecified atom stereocenters. The zero-order chi connectivity index (χ0) is 35.5. The quantitative estimate of drug-likeness (QED) is 0.0731. The topological polar surface area (TPSA) is 55.4 Å². The second kappa shape index (κ2) is 18.5. The molecule has 5 atom stereocenters. The van der Waals surface area contributed by atoms with Crippen LogP contribution in [0.3, 0.4) is 0 Å². The highest BCUT2D eigenvalue weighted by Crippen LogP contribution is 2.45. The van der Waals surface area contributed by atoms with Crippen molar-refractivity contribution in [3.63, 3.8) is 0 Å². The number of alkyl halides is 1. The normalized spacial score (nSPS) is 21.7. The van der Waals surface area contributed by atoms with E-state index < -0.39 is 30.2 Å². The van der Waals surface area contributed by atoms with Crippen molar-refractivity contribution in [2.24, 2.45) is 0 Å². The number of methoxy groups -OCH3 is 1. The maximum absolute atomic E-state index is 7.11. The lowest BCUT2D eigenvalue weighted by molar-refractivity contribution is -0.378. The minimum Gasteiger partial charge on any atom is -0.494 e. The van der Waals surface area contributed by atoms with Crippen LogP contribution in [0, 0.1) is 0 Å². The Labute approximate surface area is 320 Å². The van der Waals surface area contributed by atoms with E-state index in [1.54, 1.807) is 7.11 Å². The van der Waals surface area contributed by atoms with Crippen LogP contribution in [0.5, 0.6) is 5.75 Å². The van der Waals surface area contributed by atoms with E-state index in [0.29, 0.717) is 42.3 Å². The van der Waals surface area contributed by atoms with Crippen LogP contribution in [-0.4, -0.2) is 42.6 Å². The number of halogens is 2. The van der Waals surface area contributed by atoms with Crippen LogP contribution in [0.1, 0.15) is 40.3 Å². The van der Waals surface area contributed by atoms with Crippen LogP contribution in [0.25, 0.3) is 0 Å². The number of ether oxygens (including phenoxy) is 6. The van der Waals surface area contributed by atoms with Gasteiger partial charge in [-0.15, -0.1) is 0 Å². The number of hydrogen-bond acceptors (Lipinski definition) is 6. The minimum absolute atomic E-state index is 0.318. The predicted octanol–water partition coefficient (Wildman–Crippen LogP) is 9.72. The van der Waals surface area contributed by atoms with E-state index in [9.17, 15) is 0 Å². The molecule has 1 aliphatic rings. The lowest BCUT2D eigenvalue weighted by Gasteiger charge is -2.52. The second-order valence-electron chi connectivity index (χ2n) is 12.5. The van der Waals surface area contributed by atoms with E-state index in [1.807, 2.05) is 97.9 Å². The summed E-state index contributed by atoms with van der Waals surface area (Å²) < 4.78 is 40.5. The Bertz CT molecular complexity index is 1780. The van der Waals surface area contributed by atoms with Gasteiger partial charge in [0.25, 0.3) is 0 Å². The lowest BCUT2D eigenvalue weighted by atomic mass is 9.86. The Kier molecular flexibility index (Phi) is 13.6. The molecule has 0 amide bonds. The van der Waals surface area contributed by atoms with E-state index in [1.165, 1.54) is 0 Å². The molecule has 0 aromatic heterocycles. The van der Waals surface area contributed by atoms with Crippen LogP contribution in [0.15, 0.2) is 133 Å². The van der Waals surface area contributed by atoms with Crippen molar-refractivity contribution in [3.8, 4) is 5.75 Å². The van der Waals surface area contributed by atoms with Gasteiger partial charge in [0.1, 0.15) is 24.1 Å². The maximum atomic E-state index is 7.11. The van der Waals surface area contributed by atoms with Crippen LogP contribution in [0.2, 0.25) is 5.02 Å². The van der Waals surface area contributed by atoms with E-state index in [2.05, 4.69) is 65.1 Å². The van der Waals surface area contributed by atoms with Crippen molar-refractivity contribution in [2.75, 3.05) is 18.1 Å². The minimum atomic E-state index is -1.35. The molecule has 1 saturated heterocycles. The summed E-state index contributed by atoms with van der Waals surface area (Å²) in [5.74, 6) is -0.514. The van der Waals surface area contributed by atoms with Gasteiger partial charge in [-0.3, -0.25) is 0 Å². The fraction of sp³-hybridized carbons (Fsp3) is 0.302. The number of hydrogen-bond donors (Lipinski definition) is 0. The molecule has 8 heteroatoms. The Balaban J connectivity index is 1.40. The highest BCUT2D eigenvalue weighted by molar-refractivity contribution is 14.1. The summed E-state index contributed by atoms with van der Waals surface area (Å²) >= 11 is 9.24. The molecule has 1 heterocycles. The molecule has 51 heavy (non-hydrogen) atoms. The Hall–Kier alpha value is -3.28. The summed E-state index contributed by atoms with van der Waals surface area (Å²) in [5, 5.41) is 0.655. The zero-order valence-electron chi connectivity index (χ0n) is 29.0. The van der Waals surface area contributed by atoms with Gasteiger partial charge in [0, 0.05) is 22.1 Å². The van der Waals surface area contributed by atoms with Gasteiger partial charge in [0.05, 0.1) is 32.5 Å². The summed E-state index contributed by atoms with van der Waals surface area (Å²) in [5.41, 5.74) is 5.97. The lowest BCUT2D eigenvalue weighted by Crippen LogP contribution is -2.65. The van der Waals surface area contributed by atoms with E-state index >= 15 is 0 Å². The molecule has 0 spiro atoms. The van der Waals surface area contributed by atoms with Gasteiger partial charge in [-0.25, -0.2) is 0 Å². The maximum Gasteiger partial charge on any atom is 0.225 e. The van der Waals surface area contributed by atoms with Gasteiger partial charge < -0.3 is 28.4 Å². The average Bonchev–Trinajstić information content (AvgIpc) is 3.18. The Morgan fingerprint density at radius 3 is 1.75 bits per heavy atom. The first-order valence-electron chi connectivity index (χ1n) is 17.3. The predicted molar refractivity (Wildman–Crippen MR) is 209 cm³/mol. The summed E-state index contributed by atoms with van der Waals surface area (Å²) in [4.78, 5) is 0. The third-order valence-electron chi connectivity index (χ3n) is 9.06. The molecule has 0 N–H and O–H groups in total. The number of rotatable bonds is 16. The van der Waals surface area contributed by atoms with Gasteiger partial charge in [-0.2, -0.15) is 0 Å². The van der Waals surface area contributed by atoms with Gasteiger partial charge in [-0.1, -0.05) is 143 Å². The van der Waals surface area contributed by atoms with Crippen molar-refractivity contribution < 1.29 is 28.4 Å². The molecule has 6 nitrogen and oxygen atoms in total. The van der Waals surface area contributed by atoms with Crippen LogP contribution in [-0.2, 0) is 55.7 Å². The molecule has 5 aromatic carbocycles. The molecule has 1 aliphatic heterocycles. The second-order valence-corrected chi connectivity index (χ2v) is 13.8. The first-order valence-corrected chi connectivity index (χ1v) is 19.2. The molecular weight excluding hydrogens is 775 g/mol. The van der Waals surface area contributed by atoms with E-state index in [4.69, 9.17) is 40.0 Å². The van der Waals surface area contributed by atoms with Gasteiger partial charge in [0.15, 0.2) is 0 Å². The third kappa shape index (κ3) is 9.40. The molecule has 0 saturated carbocycles. The van der Waals surface area contributed by atoms with Gasteiger partial charge >= 0.3 is 0 Å². The van der Waals surface area contributed by atoms with E-state index in [-0.39, 0.29) is 0 Å². The zero-order valence-corrected chi connectivity index (χ0v) is 31.9. The van der Waals surface area contributed by atoms with Crippen LogP contribution < -0.4 is 4.74 Å². The first-order chi connectivity index (χ1) is 25.0. The SMILES string of the molecule is CCOc1ccc(Cc2cc([C@]3(OC)O[C@H](CI)[C@@H](OCc4ccccc4)[C@H](OCc4ccccc4)[C@H]3OCc3ccccc3)ccc2Cl)cc1. The smallest absolute Gasteiger partial charge is 0.225 e. The molecule has 0 bridgehead atoms. The highest BCUT2D eigenvalue weighted by atomic mass is 127. The monoisotopic (exact) mass is 818 g/mol. The summed E-state index contributed by atoms with van der Waals surface area (Å²) in [6.45, 7) is 3.67. The Morgan fingerprint density at radius 2 is 1.22 bits per heavy atom. The van der Waals surface area contributed by atoms with Crippen molar-refractivity contribution >= 4 is 34.2 Å². The molecular formula is C43H44ClIO6. The molecule has 266 valence electrons. The van der Waals surface area contributed by atoms with Crippen LogP contribution in [0.4, 0.5) is 0 Å². The fourth-order valence-corrected chi connectivity index (χ4v) is 7.36. The van der Waals surface area contributed by atoms with Crippen molar-refractivity contribution in [2.45, 2.75) is 63.4 Å². The summed E-state index contributed by atoms with van der Waals surface area (Å²) in [7, 11) is 1.67. The van der Waals surface area contributed by atoms with E-state index in [0.717, 1.165) is 39.1 Å². The van der Waals surface area contributed by atoms with Crippen molar-refractivity contribution in [1.29, 1.82) is 0 Å². The molecule has 5 aromatic rings. The third-order valence-corrected chi connectivity index (χ3v) is 10.3. The standard InChI is InChI=1S/C43H44ClIO6/c1-3-47-37-22-19-31(20-23-37)25-35-26-36(21-24-38(35)44)43(46-2)42(50-30-34-17-11-6-12-18-34)41(49-29-33-15-9-5-10-16-33)40(39(27-45)51-43)48-28-32-13-7-4-8-14-32/h4-24,26,39-42H,3,25,27-30H2,1-2H3/t39-,40-,41+,42-,43+/m1/s1. The largest absolute Gasteiger partial charge is 0.494 e. The fourth-order valence-electron chi connectivity index (χ4n) is 6.49. The molecule has 6 rings (SSSR count). The molecule has 1 fully saturated rings. The Morgan fingerprint density at radius 1 is 0.667 bits per heavy atom. The first kappa shape index (κ1) is 37.5. The average molecular weight is 819 g/mol. The van der Waals surface area contributed by atoms with Crippen LogP contribution >= 0.6 is 34.2 Å². The van der Waals surface area contributed by atoms with Gasteiger partial charge in [0.2, 0.25) is 5.79 Å². The van der Waals surface area contributed by atoms with Gasteiger partial charge in [-0.05, 0) is 65.4 Å². The molecule has 0 radical (unpaired) electrons. The number of benzene rings is 5. The highest BCUT2D eigenvalue weighted by Gasteiger charge is 2.58. The van der Waals surface area contributed by atoms with Crippen molar-refractivity contribution in [1.82, 2.24) is 0 Å². The molecule has 0 aliphatic carbocycles. The summed E-state index contributed by atoms with van der Waals surface area (Å²) in [6.07, 6.45) is -1.55.